The van der Waals surface area contributed by atoms with Crippen molar-refractivity contribution in [3.8, 4) is 5.75 Å². The minimum absolute atomic E-state index is 0.242. The van der Waals surface area contributed by atoms with Crippen LogP contribution in [0.4, 0.5) is 0 Å². The van der Waals surface area contributed by atoms with Crippen LogP contribution < -0.4 is 10.2 Å². The Hall–Kier alpha value is -2.62. The number of amides is 1. The number of hydrogen-bond acceptors (Lipinski definition) is 3. The third-order valence-electron chi connectivity index (χ3n) is 3.64. The Labute approximate surface area is 143 Å². The zero-order valence-electron chi connectivity index (χ0n) is 14.5. The number of carbonyl (C=O) groups excluding carboxylic acids is 1. The van der Waals surface area contributed by atoms with Crippen LogP contribution in [-0.4, -0.2) is 18.7 Å². The number of rotatable bonds is 7. The van der Waals surface area contributed by atoms with Gasteiger partial charge in [0.2, 0.25) is 0 Å². The number of nitrogens with one attached hydrogen (secondary N) is 1. The van der Waals surface area contributed by atoms with Crippen LogP contribution in [0.5, 0.6) is 5.75 Å². The largest absolute Gasteiger partial charge is 0.494 e. The molecule has 0 saturated heterocycles. The van der Waals surface area contributed by atoms with Crippen molar-refractivity contribution >= 4 is 12.1 Å². The van der Waals surface area contributed by atoms with E-state index in [2.05, 4.69) is 24.4 Å². The molecule has 4 heteroatoms. The first kappa shape index (κ1) is 17.7. The molecule has 0 saturated carbocycles. The fourth-order valence-electron chi connectivity index (χ4n) is 2.07. The van der Waals surface area contributed by atoms with E-state index in [0.29, 0.717) is 18.1 Å². The Kier molecular flexibility index (Phi) is 6.55. The maximum Gasteiger partial charge on any atom is 0.271 e. The molecule has 0 aliphatic heterocycles. The third-order valence-corrected chi connectivity index (χ3v) is 3.64. The minimum atomic E-state index is -0.242. The normalized spacial score (nSPS) is 11.0. The van der Waals surface area contributed by atoms with Gasteiger partial charge in [0.1, 0.15) is 5.75 Å². The SMILES string of the molecule is Cc1ccccc1C=NNC(=O)c1ccc(OCCC(C)C)cc1. The van der Waals surface area contributed by atoms with Crippen molar-refractivity contribution in [1.29, 1.82) is 0 Å². The maximum atomic E-state index is 12.1. The minimum Gasteiger partial charge on any atom is -0.494 e. The quantitative estimate of drug-likeness (QED) is 0.613. The van der Waals surface area contributed by atoms with E-state index in [-0.39, 0.29) is 5.91 Å². The van der Waals surface area contributed by atoms with Crippen molar-refractivity contribution in [2.45, 2.75) is 27.2 Å². The van der Waals surface area contributed by atoms with Gasteiger partial charge in [-0.2, -0.15) is 5.10 Å². The van der Waals surface area contributed by atoms with Crippen molar-refractivity contribution in [2.75, 3.05) is 6.61 Å². The molecule has 0 fully saturated rings. The lowest BCUT2D eigenvalue weighted by molar-refractivity contribution is 0.0955. The van der Waals surface area contributed by atoms with E-state index in [1.165, 1.54) is 0 Å². The Balaban J connectivity index is 1.87. The van der Waals surface area contributed by atoms with Crippen LogP contribution in [0.15, 0.2) is 53.6 Å². The molecule has 0 unspecified atom stereocenters. The van der Waals surface area contributed by atoms with Gasteiger partial charge in [0.25, 0.3) is 5.91 Å². The second-order valence-corrected chi connectivity index (χ2v) is 6.11. The summed E-state index contributed by atoms with van der Waals surface area (Å²) in [7, 11) is 0. The Morgan fingerprint density at radius 1 is 1.17 bits per heavy atom. The number of hydrogen-bond donors (Lipinski definition) is 1. The highest BCUT2D eigenvalue weighted by Gasteiger charge is 2.04. The molecule has 0 aliphatic rings. The van der Waals surface area contributed by atoms with Crippen LogP contribution >= 0.6 is 0 Å². The predicted molar refractivity (Wildman–Crippen MR) is 97.6 cm³/mol. The molecule has 1 amide bonds. The predicted octanol–water partition coefficient (Wildman–Crippen LogP) is 4.18. The molecule has 0 radical (unpaired) electrons. The molecule has 2 rings (SSSR count). The Bertz CT molecular complexity index is 691. The molecule has 24 heavy (non-hydrogen) atoms. The topological polar surface area (TPSA) is 50.7 Å². The summed E-state index contributed by atoms with van der Waals surface area (Å²) in [5.74, 6) is 1.14. The first-order chi connectivity index (χ1) is 11.6. The molecule has 2 aromatic rings. The standard InChI is InChI=1S/C20H24N2O2/c1-15(2)12-13-24-19-10-8-17(9-11-19)20(23)22-21-14-18-7-5-4-6-16(18)3/h4-11,14-15H,12-13H2,1-3H3,(H,22,23). The Morgan fingerprint density at radius 3 is 2.54 bits per heavy atom. The van der Waals surface area contributed by atoms with Gasteiger partial charge in [0.05, 0.1) is 12.8 Å². The number of nitrogens with zero attached hydrogens (tertiary/aromatic N) is 1. The van der Waals surface area contributed by atoms with E-state index in [4.69, 9.17) is 4.74 Å². The highest BCUT2D eigenvalue weighted by molar-refractivity contribution is 5.95. The van der Waals surface area contributed by atoms with E-state index in [0.717, 1.165) is 23.3 Å². The summed E-state index contributed by atoms with van der Waals surface area (Å²) in [6.07, 6.45) is 2.66. The molecule has 0 spiro atoms. The second kappa shape index (κ2) is 8.87. The van der Waals surface area contributed by atoms with Crippen LogP contribution in [0.25, 0.3) is 0 Å². The summed E-state index contributed by atoms with van der Waals surface area (Å²) in [6.45, 7) is 7.01. The average Bonchev–Trinajstić information content (AvgIpc) is 2.57. The van der Waals surface area contributed by atoms with Crippen LogP contribution in [0, 0.1) is 12.8 Å². The van der Waals surface area contributed by atoms with Gasteiger partial charge in [0, 0.05) is 5.56 Å². The van der Waals surface area contributed by atoms with Crippen molar-refractivity contribution in [3.05, 3.63) is 65.2 Å². The van der Waals surface area contributed by atoms with Crippen molar-refractivity contribution < 1.29 is 9.53 Å². The first-order valence-corrected chi connectivity index (χ1v) is 8.18. The van der Waals surface area contributed by atoms with E-state index in [1.54, 1.807) is 30.5 Å². The summed E-state index contributed by atoms with van der Waals surface area (Å²) < 4.78 is 5.64. The fourth-order valence-corrected chi connectivity index (χ4v) is 2.07. The van der Waals surface area contributed by atoms with Gasteiger partial charge >= 0.3 is 0 Å². The lowest BCUT2D eigenvalue weighted by Crippen LogP contribution is -2.17. The highest BCUT2D eigenvalue weighted by atomic mass is 16.5. The van der Waals surface area contributed by atoms with Crippen LogP contribution in [0.2, 0.25) is 0 Å². The zero-order chi connectivity index (χ0) is 17.4. The van der Waals surface area contributed by atoms with Gasteiger partial charge in [-0.25, -0.2) is 5.43 Å². The number of ether oxygens (including phenoxy) is 1. The summed E-state index contributed by atoms with van der Waals surface area (Å²) in [5, 5.41) is 4.01. The van der Waals surface area contributed by atoms with E-state index >= 15 is 0 Å². The van der Waals surface area contributed by atoms with E-state index < -0.39 is 0 Å². The van der Waals surface area contributed by atoms with Gasteiger partial charge in [0.15, 0.2) is 0 Å². The summed E-state index contributed by atoms with van der Waals surface area (Å²) >= 11 is 0. The van der Waals surface area contributed by atoms with E-state index in [1.807, 2.05) is 31.2 Å². The highest BCUT2D eigenvalue weighted by Crippen LogP contribution is 2.13. The van der Waals surface area contributed by atoms with E-state index in [9.17, 15) is 4.79 Å². The molecule has 1 N–H and O–H groups in total. The lowest BCUT2D eigenvalue weighted by Gasteiger charge is -2.08. The molecule has 2 aromatic carbocycles. The summed E-state index contributed by atoms with van der Waals surface area (Å²) in [4.78, 5) is 12.1. The second-order valence-electron chi connectivity index (χ2n) is 6.11. The van der Waals surface area contributed by atoms with Gasteiger partial charge in [-0.1, -0.05) is 38.1 Å². The molecular weight excluding hydrogens is 300 g/mol. The zero-order valence-corrected chi connectivity index (χ0v) is 14.5. The van der Waals surface area contributed by atoms with Crippen LogP contribution in [-0.2, 0) is 0 Å². The average molecular weight is 324 g/mol. The van der Waals surface area contributed by atoms with Gasteiger partial charge in [-0.05, 0) is 54.7 Å². The molecule has 0 heterocycles. The van der Waals surface area contributed by atoms with Crippen LogP contribution in [0.3, 0.4) is 0 Å². The molecular formula is C20H24N2O2. The fraction of sp³-hybridized carbons (Fsp3) is 0.300. The smallest absolute Gasteiger partial charge is 0.271 e. The molecule has 4 nitrogen and oxygen atoms in total. The molecule has 0 aromatic heterocycles. The molecule has 0 atom stereocenters. The number of benzene rings is 2. The van der Waals surface area contributed by atoms with Gasteiger partial charge in [-0.3, -0.25) is 4.79 Å². The Morgan fingerprint density at radius 2 is 1.88 bits per heavy atom. The third kappa shape index (κ3) is 5.54. The monoisotopic (exact) mass is 324 g/mol. The number of carbonyl (C=O) groups is 1. The molecule has 126 valence electrons. The maximum absolute atomic E-state index is 12.1. The summed E-state index contributed by atoms with van der Waals surface area (Å²) in [5.41, 5.74) is 5.18. The molecule has 0 bridgehead atoms. The van der Waals surface area contributed by atoms with Gasteiger partial charge in [-0.15, -0.1) is 0 Å². The van der Waals surface area contributed by atoms with Crippen molar-refractivity contribution in [1.82, 2.24) is 5.43 Å². The summed E-state index contributed by atoms with van der Waals surface area (Å²) in [6, 6.07) is 15.0. The number of aryl methyl sites for hydroxylation is 1. The number of hydrazone groups is 1. The van der Waals surface area contributed by atoms with Gasteiger partial charge < -0.3 is 4.74 Å². The first-order valence-electron chi connectivity index (χ1n) is 8.18. The van der Waals surface area contributed by atoms with Crippen molar-refractivity contribution in [3.63, 3.8) is 0 Å². The van der Waals surface area contributed by atoms with Crippen molar-refractivity contribution in [2.24, 2.45) is 11.0 Å². The molecule has 0 aliphatic carbocycles. The van der Waals surface area contributed by atoms with Crippen LogP contribution in [0.1, 0.15) is 41.8 Å². The lowest BCUT2D eigenvalue weighted by atomic mass is 10.1.